The van der Waals surface area contributed by atoms with E-state index in [2.05, 4.69) is 5.32 Å². The average molecular weight is 241 g/mol. The van der Waals surface area contributed by atoms with Gasteiger partial charge in [0, 0.05) is 24.7 Å². The van der Waals surface area contributed by atoms with Gasteiger partial charge >= 0.3 is 6.03 Å². The van der Waals surface area contributed by atoms with Gasteiger partial charge in [0.15, 0.2) is 0 Å². The molecule has 0 aliphatic carbocycles. The molecule has 1 rings (SSSR count). The lowest BCUT2D eigenvalue weighted by molar-refractivity contribution is 0.204. The lowest BCUT2D eigenvalue weighted by atomic mass is 10.2. The fourth-order valence-corrected chi connectivity index (χ4v) is 1.55. The second-order valence-corrected chi connectivity index (χ2v) is 4.53. The molecule has 4 heteroatoms. The summed E-state index contributed by atoms with van der Waals surface area (Å²) in [5.74, 6) is 0. The third-order valence-electron chi connectivity index (χ3n) is 2.07. The van der Waals surface area contributed by atoms with E-state index in [1.165, 1.54) is 0 Å². The standard InChI is InChI=1S/C12H17ClN2O/c1-9(2)14-12(16)15(3)8-10-5-4-6-11(13)7-10/h4-7,9H,8H2,1-3H3,(H,14,16). The van der Waals surface area contributed by atoms with Crippen LogP contribution in [0.25, 0.3) is 0 Å². The summed E-state index contributed by atoms with van der Waals surface area (Å²) in [5, 5.41) is 3.52. The van der Waals surface area contributed by atoms with Crippen molar-refractivity contribution in [3.05, 3.63) is 34.9 Å². The number of hydrogen-bond acceptors (Lipinski definition) is 1. The van der Waals surface area contributed by atoms with Crippen molar-refractivity contribution in [2.75, 3.05) is 7.05 Å². The zero-order valence-electron chi connectivity index (χ0n) is 9.83. The van der Waals surface area contributed by atoms with Gasteiger partial charge in [-0.15, -0.1) is 0 Å². The van der Waals surface area contributed by atoms with Crippen LogP contribution in [-0.2, 0) is 6.54 Å². The van der Waals surface area contributed by atoms with Gasteiger partial charge in [0.25, 0.3) is 0 Å². The summed E-state index contributed by atoms with van der Waals surface area (Å²) in [6, 6.07) is 7.58. The Morgan fingerprint density at radius 2 is 2.19 bits per heavy atom. The normalized spacial score (nSPS) is 10.3. The van der Waals surface area contributed by atoms with Gasteiger partial charge in [-0.1, -0.05) is 23.7 Å². The van der Waals surface area contributed by atoms with Gasteiger partial charge in [-0.25, -0.2) is 4.79 Å². The topological polar surface area (TPSA) is 32.3 Å². The zero-order valence-corrected chi connectivity index (χ0v) is 10.6. The highest BCUT2D eigenvalue weighted by molar-refractivity contribution is 6.30. The van der Waals surface area contributed by atoms with Crippen molar-refractivity contribution >= 4 is 17.6 Å². The molecule has 3 nitrogen and oxygen atoms in total. The number of carbonyl (C=O) groups excluding carboxylic acids is 1. The first-order chi connectivity index (χ1) is 7.49. The molecule has 0 aliphatic rings. The summed E-state index contributed by atoms with van der Waals surface area (Å²) >= 11 is 5.87. The van der Waals surface area contributed by atoms with E-state index in [-0.39, 0.29) is 12.1 Å². The Kier molecular flexibility index (Phi) is 4.62. The van der Waals surface area contributed by atoms with Crippen LogP contribution in [0.2, 0.25) is 5.02 Å². The Hall–Kier alpha value is -1.22. The number of carbonyl (C=O) groups is 1. The van der Waals surface area contributed by atoms with Crippen molar-refractivity contribution in [1.29, 1.82) is 0 Å². The number of halogens is 1. The molecule has 0 atom stereocenters. The molecule has 0 heterocycles. The van der Waals surface area contributed by atoms with Crippen LogP contribution in [0.1, 0.15) is 19.4 Å². The SMILES string of the molecule is CC(C)NC(=O)N(C)Cc1cccc(Cl)c1. The van der Waals surface area contributed by atoms with Crippen LogP contribution in [0.5, 0.6) is 0 Å². The van der Waals surface area contributed by atoms with Crippen molar-refractivity contribution in [2.45, 2.75) is 26.4 Å². The Labute approximate surface area is 101 Å². The highest BCUT2D eigenvalue weighted by atomic mass is 35.5. The molecule has 88 valence electrons. The van der Waals surface area contributed by atoms with E-state index in [4.69, 9.17) is 11.6 Å². The summed E-state index contributed by atoms with van der Waals surface area (Å²) in [4.78, 5) is 13.3. The molecule has 1 N–H and O–H groups in total. The van der Waals surface area contributed by atoms with Gasteiger partial charge in [-0.05, 0) is 31.5 Å². The number of nitrogens with one attached hydrogen (secondary N) is 1. The van der Waals surface area contributed by atoms with Crippen LogP contribution in [-0.4, -0.2) is 24.0 Å². The summed E-state index contributed by atoms with van der Waals surface area (Å²) in [6.45, 7) is 4.43. The van der Waals surface area contributed by atoms with Gasteiger partial charge in [0.2, 0.25) is 0 Å². The van der Waals surface area contributed by atoms with E-state index in [9.17, 15) is 4.79 Å². The van der Waals surface area contributed by atoms with Crippen LogP contribution in [0.4, 0.5) is 4.79 Å². The minimum Gasteiger partial charge on any atom is -0.336 e. The minimum atomic E-state index is -0.0741. The Balaban J connectivity index is 2.57. The molecule has 0 aliphatic heterocycles. The molecule has 1 aromatic carbocycles. The molecule has 0 bridgehead atoms. The molecule has 0 radical (unpaired) electrons. The van der Waals surface area contributed by atoms with Crippen molar-refractivity contribution in [3.8, 4) is 0 Å². The largest absolute Gasteiger partial charge is 0.336 e. The summed E-state index contributed by atoms with van der Waals surface area (Å²) in [5.41, 5.74) is 1.02. The third-order valence-corrected chi connectivity index (χ3v) is 2.30. The van der Waals surface area contributed by atoms with Crippen LogP contribution in [0, 0.1) is 0 Å². The number of nitrogens with zero attached hydrogens (tertiary/aromatic N) is 1. The van der Waals surface area contributed by atoms with E-state index < -0.39 is 0 Å². The second-order valence-electron chi connectivity index (χ2n) is 4.09. The molecule has 0 fully saturated rings. The lowest BCUT2D eigenvalue weighted by Crippen LogP contribution is -2.40. The maximum Gasteiger partial charge on any atom is 0.317 e. The average Bonchev–Trinajstić information content (AvgIpc) is 2.16. The van der Waals surface area contributed by atoms with Gasteiger partial charge in [0.05, 0.1) is 0 Å². The second kappa shape index (κ2) is 5.75. The highest BCUT2D eigenvalue weighted by Gasteiger charge is 2.09. The van der Waals surface area contributed by atoms with Crippen molar-refractivity contribution < 1.29 is 4.79 Å². The Morgan fingerprint density at radius 3 is 2.75 bits per heavy atom. The number of urea groups is 1. The number of amides is 2. The third kappa shape index (κ3) is 4.11. The van der Waals surface area contributed by atoms with Crippen LogP contribution >= 0.6 is 11.6 Å². The summed E-state index contributed by atoms with van der Waals surface area (Å²) < 4.78 is 0. The first-order valence-corrected chi connectivity index (χ1v) is 5.63. The summed E-state index contributed by atoms with van der Waals surface area (Å²) in [7, 11) is 1.76. The first-order valence-electron chi connectivity index (χ1n) is 5.25. The monoisotopic (exact) mass is 240 g/mol. The first kappa shape index (κ1) is 12.8. The molecule has 16 heavy (non-hydrogen) atoms. The Morgan fingerprint density at radius 1 is 1.50 bits per heavy atom. The number of rotatable bonds is 3. The van der Waals surface area contributed by atoms with Crippen LogP contribution < -0.4 is 5.32 Å². The maximum absolute atomic E-state index is 11.6. The van der Waals surface area contributed by atoms with E-state index >= 15 is 0 Å². The van der Waals surface area contributed by atoms with E-state index in [0.717, 1.165) is 5.56 Å². The minimum absolute atomic E-state index is 0.0741. The highest BCUT2D eigenvalue weighted by Crippen LogP contribution is 2.12. The maximum atomic E-state index is 11.6. The van der Waals surface area contributed by atoms with Gasteiger partial charge < -0.3 is 10.2 Å². The fourth-order valence-electron chi connectivity index (χ4n) is 1.34. The van der Waals surface area contributed by atoms with E-state index in [1.807, 2.05) is 38.1 Å². The number of benzene rings is 1. The van der Waals surface area contributed by atoms with Crippen LogP contribution in [0.15, 0.2) is 24.3 Å². The molecule has 0 aromatic heterocycles. The van der Waals surface area contributed by atoms with Gasteiger partial charge in [0.1, 0.15) is 0 Å². The fraction of sp³-hybridized carbons (Fsp3) is 0.417. The van der Waals surface area contributed by atoms with E-state index in [1.54, 1.807) is 11.9 Å². The molecular weight excluding hydrogens is 224 g/mol. The van der Waals surface area contributed by atoms with Crippen LogP contribution in [0.3, 0.4) is 0 Å². The molecule has 0 unspecified atom stereocenters. The van der Waals surface area contributed by atoms with E-state index in [0.29, 0.717) is 11.6 Å². The number of hydrogen-bond donors (Lipinski definition) is 1. The zero-order chi connectivity index (χ0) is 12.1. The van der Waals surface area contributed by atoms with Gasteiger partial charge in [-0.2, -0.15) is 0 Å². The summed E-state index contributed by atoms with van der Waals surface area (Å²) in [6.07, 6.45) is 0. The molecule has 1 aromatic rings. The van der Waals surface area contributed by atoms with Crippen molar-refractivity contribution in [3.63, 3.8) is 0 Å². The molecular formula is C12H17ClN2O. The quantitative estimate of drug-likeness (QED) is 0.866. The predicted molar refractivity (Wildman–Crippen MR) is 66.6 cm³/mol. The molecule has 0 spiro atoms. The van der Waals surface area contributed by atoms with Gasteiger partial charge in [-0.3, -0.25) is 0 Å². The smallest absolute Gasteiger partial charge is 0.317 e. The Bertz CT molecular complexity index is 366. The molecule has 0 saturated carbocycles. The van der Waals surface area contributed by atoms with Crippen molar-refractivity contribution in [2.24, 2.45) is 0 Å². The lowest BCUT2D eigenvalue weighted by Gasteiger charge is -2.19. The van der Waals surface area contributed by atoms with Crippen molar-refractivity contribution in [1.82, 2.24) is 10.2 Å². The molecule has 0 saturated heterocycles. The predicted octanol–water partition coefficient (Wildman–Crippen LogP) is 2.89. The molecule has 2 amide bonds.